The second kappa shape index (κ2) is 5.76. The van der Waals surface area contributed by atoms with Crippen molar-refractivity contribution >= 4 is 6.72 Å². The van der Waals surface area contributed by atoms with Crippen molar-refractivity contribution < 1.29 is 0 Å². The minimum atomic E-state index is 0.565. The van der Waals surface area contributed by atoms with E-state index in [0.29, 0.717) is 5.92 Å². The van der Waals surface area contributed by atoms with Gasteiger partial charge in [0.1, 0.15) is 0 Å². The summed E-state index contributed by atoms with van der Waals surface area (Å²) >= 11 is 0. The summed E-state index contributed by atoms with van der Waals surface area (Å²) in [6, 6.07) is 0. The molecule has 0 saturated carbocycles. The minimum Gasteiger partial charge on any atom is -0.269 e. The molecular formula is C11H19N. The van der Waals surface area contributed by atoms with E-state index in [0.717, 1.165) is 18.5 Å². The number of nitrogens with zero attached hydrogens (tertiary/aromatic N) is 1. The number of hydrogen-bond acceptors (Lipinski definition) is 1. The maximum absolute atomic E-state index is 4.03. The molecule has 0 radical (unpaired) electrons. The second-order valence-electron chi connectivity index (χ2n) is 3.27. The molecular weight excluding hydrogens is 146 g/mol. The topological polar surface area (TPSA) is 12.4 Å². The van der Waals surface area contributed by atoms with E-state index < -0.39 is 0 Å². The van der Waals surface area contributed by atoms with Gasteiger partial charge < -0.3 is 0 Å². The Kier molecular flexibility index (Phi) is 5.35. The Bertz CT molecular complexity index is 187. The molecule has 0 heterocycles. The van der Waals surface area contributed by atoms with E-state index in [9.17, 15) is 0 Å². The summed E-state index contributed by atoms with van der Waals surface area (Å²) in [4.78, 5) is 4.03. The third-order valence-corrected chi connectivity index (χ3v) is 2.10. The van der Waals surface area contributed by atoms with Crippen molar-refractivity contribution in [2.24, 2.45) is 10.9 Å². The lowest BCUT2D eigenvalue weighted by Gasteiger charge is -2.09. The van der Waals surface area contributed by atoms with Crippen LogP contribution in [0.3, 0.4) is 0 Å². The molecule has 0 unspecified atom stereocenters. The van der Waals surface area contributed by atoms with Crippen LogP contribution in [0.25, 0.3) is 0 Å². The fourth-order valence-electron chi connectivity index (χ4n) is 0.973. The summed E-state index contributed by atoms with van der Waals surface area (Å²) in [6.07, 6.45) is 3.87. The van der Waals surface area contributed by atoms with E-state index in [2.05, 4.69) is 39.1 Å². The molecule has 0 rings (SSSR count). The van der Waals surface area contributed by atoms with Crippen molar-refractivity contribution in [2.75, 3.05) is 0 Å². The molecule has 1 heteroatoms. The van der Waals surface area contributed by atoms with Crippen LogP contribution in [0.4, 0.5) is 0 Å². The predicted octanol–water partition coefficient (Wildman–Crippen LogP) is 3.58. The molecule has 0 aromatic rings. The smallest absolute Gasteiger partial charge is 0.0391 e. The largest absolute Gasteiger partial charge is 0.269 e. The van der Waals surface area contributed by atoms with Crippen molar-refractivity contribution in [3.63, 3.8) is 0 Å². The molecule has 12 heavy (non-hydrogen) atoms. The quantitative estimate of drug-likeness (QED) is 0.436. The summed E-state index contributed by atoms with van der Waals surface area (Å²) in [5.41, 5.74) is 2.47. The maximum atomic E-state index is 4.03. The summed E-state index contributed by atoms with van der Waals surface area (Å²) in [7, 11) is 0. The average molecular weight is 165 g/mol. The lowest BCUT2D eigenvalue weighted by molar-refractivity contribution is 0.740. The first-order chi connectivity index (χ1) is 5.63. The van der Waals surface area contributed by atoms with Gasteiger partial charge in [-0.3, -0.25) is 4.99 Å². The molecule has 0 saturated heterocycles. The maximum Gasteiger partial charge on any atom is 0.0391 e. The molecule has 0 aromatic carbocycles. The van der Waals surface area contributed by atoms with Gasteiger partial charge in [0, 0.05) is 5.70 Å². The number of rotatable bonds is 5. The minimum absolute atomic E-state index is 0.565. The van der Waals surface area contributed by atoms with E-state index in [1.807, 2.05) is 6.08 Å². The molecule has 0 aliphatic carbocycles. The van der Waals surface area contributed by atoms with Gasteiger partial charge in [0.15, 0.2) is 0 Å². The van der Waals surface area contributed by atoms with Crippen LogP contribution in [0, 0.1) is 5.92 Å². The van der Waals surface area contributed by atoms with Crippen molar-refractivity contribution in [3.8, 4) is 0 Å². The average Bonchev–Trinajstić information content (AvgIpc) is 2.05. The first-order valence-electron chi connectivity index (χ1n) is 4.40. The van der Waals surface area contributed by atoms with E-state index in [-0.39, 0.29) is 0 Å². The predicted molar refractivity (Wildman–Crippen MR) is 56.5 cm³/mol. The van der Waals surface area contributed by atoms with E-state index in [1.165, 1.54) is 5.57 Å². The molecule has 0 atom stereocenters. The fraction of sp³-hybridized carbons (Fsp3) is 0.545. The Labute approximate surface area is 75.9 Å². The zero-order valence-electron chi connectivity index (χ0n) is 8.43. The molecule has 0 N–H and O–H groups in total. The number of aliphatic imine (C=N–C) groups is 1. The van der Waals surface area contributed by atoms with Crippen molar-refractivity contribution in [1.82, 2.24) is 0 Å². The van der Waals surface area contributed by atoms with Crippen molar-refractivity contribution in [3.05, 3.63) is 23.9 Å². The molecule has 1 nitrogen and oxygen atoms in total. The van der Waals surface area contributed by atoms with Crippen LogP contribution in [0.1, 0.15) is 33.6 Å². The molecule has 0 aliphatic heterocycles. The SMILES string of the molecule is C=CCC/C(N=C)=C(\C)C(C)C. The van der Waals surface area contributed by atoms with E-state index >= 15 is 0 Å². The lowest BCUT2D eigenvalue weighted by Crippen LogP contribution is -1.94. The highest BCUT2D eigenvalue weighted by Gasteiger charge is 2.03. The van der Waals surface area contributed by atoms with Crippen molar-refractivity contribution in [2.45, 2.75) is 33.6 Å². The molecule has 0 spiro atoms. The van der Waals surface area contributed by atoms with Crippen LogP contribution in [0.15, 0.2) is 28.9 Å². The number of allylic oxidation sites excluding steroid dienone is 3. The summed E-state index contributed by atoms with van der Waals surface area (Å²) in [5, 5.41) is 0. The van der Waals surface area contributed by atoms with Crippen LogP contribution < -0.4 is 0 Å². The van der Waals surface area contributed by atoms with Crippen LogP contribution in [-0.2, 0) is 0 Å². The second-order valence-corrected chi connectivity index (χ2v) is 3.27. The molecule has 0 fully saturated rings. The van der Waals surface area contributed by atoms with Gasteiger partial charge in [-0.05, 0) is 38.0 Å². The van der Waals surface area contributed by atoms with E-state index in [4.69, 9.17) is 0 Å². The number of hydrogen-bond donors (Lipinski definition) is 0. The standard InChI is InChI=1S/C11H19N/c1-6-7-8-11(12-5)10(4)9(2)3/h6,9H,1,5,7-8H2,2-4H3/b11-10-. The van der Waals surface area contributed by atoms with Gasteiger partial charge in [-0.1, -0.05) is 19.9 Å². The molecule has 0 aromatic heterocycles. The third-order valence-electron chi connectivity index (χ3n) is 2.10. The molecule has 68 valence electrons. The molecule has 0 aliphatic rings. The van der Waals surface area contributed by atoms with Gasteiger partial charge in [-0.25, -0.2) is 0 Å². The molecule has 0 bridgehead atoms. The Balaban J connectivity index is 4.38. The van der Waals surface area contributed by atoms with Crippen LogP contribution in [0.5, 0.6) is 0 Å². The normalized spacial score (nSPS) is 12.7. The monoisotopic (exact) mass is 165 g/mol. The van der Waals surface area contributed by atoms with Gasteiger partial charge in [0.05, 0.1) is 0 Å². The highest BCUT2D eigenvalue weighted by molar-refractivity contribution is 5.31. The Morgan fingerprint density at radius 3 is 2.42 bits per heavy atom. The van der Waals surface area contributed by atoms with Gasteiger partial charge in [-0.2, -0.15) is 0 Å². The highest BCUT2D eigenvalue weighted by Crippen LogP contribution is 2.18. The fourth-order valence-corrected chi connectivity index (χ4v) is 0.973. The van der Waals surface area contributed by atoms with Crippen LogP contribution in [-0.4, -0.2) is 6.72 Å². The first-order valence-corrected chi connectivity index (χ1v) is 4.40. The Hall–Kier alpha value is -0.850. The van der Waals surface area contributed by atoms with Gasteiger partial charge in [0.25, 0.3) is 0 Å². The van der Waals surface area contributed by atoms with Gasteiger partial charge in [-0.15, -0.1) is 6.58 Å². The Morgan fingerprint density at radius 1 is 1.50 bits per heavy atom. The van der Waals surface area contributed by atoms with Crippen LogP contribution in [0.2, 0.25) is 0 Å². The lowest BCUT2D eigenvalue weighted by atomic mass is 10.0. The first kappa shape index (κ1) is 11.2. The summed E-state index contributed by atoms with van der Waals surface area (Å²) < 4.78 is 0. The van der Waals surface area contributed by atoms with Gasteiger partial charge >= 0.3 is 0 Å². The molecule has 0 amide bonds. The zero-order chi connectivity index (χ0) is 9.56. The highest BCUT2D eigenvalue weighted by atomic mass is 14.7. The Morgan fingerprint density at radius 2 is 2.08 bits per heavy atom. The zero-order valence-corrected chi connectivity index (χ0v) is 8.43. The third kappa shape index (κ3) is 3.51. The van der Waals surface area contributed by atoms with E-state index in [1.54, 1.807) is 0 Å². The van der Waals surface area contributed by atoms with Gasteiger partial charge in [0.2, 0.25) is 0 Å². The summed E-state index contributed by atoms with van der Waals surface area (Å²) in [5.74, 6) is 0.565. The summed E-state index contributed by atoms with van der Waals surface area (Å²) in [6.45, 7) is 13.7. The van der Waals surface area contributed by atoms with Crippen LogP contribution >= 0.6 is 0 Å². The van der Waals surface area contributed by atoms with Crippen molar-refractivity contribution in [1.29, 1.82) is 0 Å².